The molecule has 0 radical (unpaired) electrons. The van der Waals surface area contributed by atoms with Crippen LogP contribution in [0.25, 0.3) is 11.0 Å². The average molecular weight is 379 g/mol. The van der Waals surface area contributed by atoms with Crippen LogP contribution in [0.2, 0.25) is 0 Å². The maximum atomic E-state index is 13.2. The minimum absolute atomic E-state index is 0.0623. The van der Waals surface area contributed by atoms with Crippen LogP contribution >= 0.6 is 0 Å². The number of amides is 1. The first-order valence-electron chi connectivity index (χ1n) is 10.3. The number of para-hydroxylation sites is 2. The summed E-state index contributed by atoms with van der Waals surface area (Å²) in [5, 5.41) is 12.6. The normalized spacial score (nSPS) is 31.6. The largest absolute Gasteiger partial charge is 0.480 e. The molecular weight excluding hydrogens is 354 g/mol. The topological polar surface area (TPSA) is 92.2 Å². The van der Waals surface area contributed by atoms with Gasteiger partial charge in [-0.15, -0.1) is 0 Å². The zero-order chi connectivity index (χ0) is 19.3. The van der Waals surface area contributed by atoms with E-state index in [2.05, 4.69) is 15.3 Å². The van der Waals surface area contributed by atoms with E-state index in [1.165, 1.54) is 19.3 Å². The molecule has 4 bridgehead atoms. The van der Waals surface area contributed by atoms with Gasteiger partial charge in [-0.2, -0.15) is 0 Å². The van der Waals surface area contributed by atoms with Crippen LogP contribution in [-0.2, 0) is 16.0 Å². The number of carboxylic acids is 1. The van der Waals surface area contributed by atoms with E-state index in [4.69, 9.17) is 0 Å². The van der Waals surface area contributed by atoms with E-state index in [9.17, 15) is 14.7 Å². The number of benzene rings is 1. The first kappa shape index (κ1) is 17.6. The Bertz CT molecular complexity index is 906. The molecule has 1 amide bonds. The number of carbonyl (C=O) groups excluding carboxylic acids is 1. The number of hydrogen-bond acceptors (Lipinski definition) is 4. The van der Waals surface area contributed by atoms with Gasteiger partial charge in [0.05, 0.1) is 16.7 Å². The molecule has 2 N–H and O–H groups in total. The van der Waals surface area contributed by atoms with Crippen LogP contribution in [0, 0.1) is 23.2 Å². The number of fused-ring (bicyclic) bond motifs is 1. The summed E-state index contributed by atoms with van der Waals surface area (Å²) in [5.74, 6) is 0.852. The van der Waals surface area contributed by atoms with Crippen molar-refractivity contribution in [1.29, 1.82) is 0 Å². The fourth-order valence-electron chi connectivity index (χ4n) is 6.20. The number of carbonyl (C=O) groups is 2. The monoisotopic (exact) mass is 379 g/mol. The van der Waals surface area contributed by atoms with Crippen LogP contribution in [-0.4, -0.2) is 33.0 Å². The van der Waals surface area contributed by atoms with Gasteiger partial charge < -0.3 is 10.4 Å². The van der Waals surface area contributed by atoms with Crippen LogP contribution in [0.3, 0.4) is 0 Å². The summed E-state index contributed by atoms with van der Waals surface area (Å²) >= 11 is 0. The van der Waals surface area contributed by atoms with E-state index in [0.717, 1.165) is 30.3 Å². The van der Waals surface area contributed by atoms with Gasteiger partial charge >= 0.3 is 5.97 Å². The molecule has 0 aliphatic heterocycles. The highest BCUT2D eigenvalue weighted by Gasteiger charge is 2.54. The summed E-state index contributed by atoms with van der Waals surface area (Å²) in [4.78, 5) is 33.9. The van der Waals surface area contributed by atoms with Gasteiger partial charge in [0.2, 0.25) is 5.91 Å². The van der Waals surface area contributed by atoms with Gasteiger partial charge in [-0.25, -0.2) is 9.78 Å². The van der Waals surface area contributed by atoms with Crippen LogP contribution in [0.15, 0.2) is 30.5 Å². The predicted molar refractivity (Wildman–Crippen MR) is 103 cm³/mol. The first-order valence-corrected chi connectivity index (χ1v) is 10.3. The molecule has 0 spiro atoms. The Hall–Kier alpha value is -2.50. The number of aromatic nitrogens is 2. The molecule has 6 nitrogen and oxygen atoms in total. The summed E-state index contributed by atoms with van der Waals surface area (Å²) in [7, 11) is 0. The molecule has 4 aliphatic carbocycles. The lowest BCUT2D eigenvalue weighted by Gasteiger charge is -2.55. The molecule has 1 aromatic heterocycles. The van der Waals surface area contributed by atoms with Crippen molar-refractivity contribution in [3.63, 3.8) is 0 Å². The molecule has 0 unspecified atom stereocenters. The van der Waals surface area contributed by atoms with Gasteiger partial charge in [0.25, 0.3) is 0 Å². The van der Waals surface area contributed by atoms with Crippen molar-refractivity contribution in [3.05, 3.63) is 36.2 Å². The van der Waals surface area contributed by atoms with Gasteiger partial charge in [-0.05, 0) is 68.4 Å². The summed E-state index contributed by atoms with van der Waals surface area (Å²) in [6, 6.07) is 6.52. The average Bonchev–Trinajstić information content (AvgIpc) is 2.66. The standard InChI is InChI=1S/C22H25N3O3/c26-20(27)19(8-16-12-23-17-3-1-2-4-18(17)24-16)25-21(28)22-9-13-5-14(10-22)7-15(6-13)11-22/h1-4,12-15,19H,5-11H2,(H,25,28)(H,26,27)/t13?,14?,15?,19-,22?/m0/s1. The van der Waals surface area contributed by atoms with Crippen molar-refractivity contribution in [2.45, 2.75) is 51.0 Å². The van der Waals surface area contributed by atoms with E-state index in [0.29, 0.717) is 23.4 Å². The molecule has 6 heteroatoms. The Morgan fingerprint density at radius 3 is 2.29 bits per heavy atom. The molecule has 6 rings (SSSR count). The quantitative estimate of drug-likeness (QED) is 0.833. The van der Waals surface area contributed by atoms with Crippen molar-refractivity contribution in [1.82, 2.24) is 15.3 Å². The highest BCUT2D eigenvalue weighted by molar-refractivity contribution is 5.88. The summed E-state index contributed by atoms with van der Waals surface area (Å²) in [6.45, 7) is 0. The summed E-state index contributed by atoms with van der Waals surface area (Å²) < 4.78 is 0. The second-order valence-electron chi connectivity index (χ2n) is 9.12. The predicted octanol–water partition coefficient (Wildman–Crippen LogP) is 2.96. The molecule has 1 heterocycles. The number of aliphatic carboxylic acids is 1. The summed E-state index contributed by atoms with van der Waals surface area (Å²) in [6.07, 6.45) is 8.28. The lowest BCUT2D eigenvalue weighted by molar-refractivity contribution is -0.151. The molecule has 4 fully saturated rings. The highest BCUT2D eigenvalue weighted by atomic mass is 16.4. The Morgan fingerprint density at radius 2 is 1.68 bits per heavy atom. The van der Waals surface area contributed by atoms with Crippen LogP contribution < -0.4 is 5.32 Å². The number of hydrogen-bond donors (Lipinski definition) is 2. The lowest BCUT2D eigenvalue weighted by atomic mass is 9.49. The van der Waals surface area contributed by atoms with Gasteiger partial charge in [0.1, 0.15) is 6.04 Å². The van der Waals surface area contributed by atoms with Crippen LogP contribution in [0.1, 0.15) is 44.2 Å². The smallest absolute Gasteiger partial charge is 0.326 e. The Kier molecular flexibility index (Phi) is 4.11. The molecular formula is C22H25N3O3. The first-order chi connectivity index (χ1) is 13.5. The van der Waals surface area contributed by atoms with Crippen molar-refractivity contribution in [2.75, 3.05) is 0 Å². The van der Waals surface area contributed by atoms with Crippen LogP contribution in [0.5, 0.6) is 0 Å². The molecule has 1 aromatic carbocycles. The molecule has 1 atom stereocenters. The molecule has 28 heavy (non-hydrogen) atoms. The number of nitrogens with zero attached hydrogens (tertiary/aromatic N) is 2. The van der Waals surface area contributed by atoms with Gasteiger partial charge in [-0.1, -0.05) is 12.1 Å². The number of carboxylic acid groups (broad SMARTS) is 1. The molecule has 0 saturated heterocycles. The Morgan fingerprint density at radius 1 is 1.07 bits per heavy atom. The van der Waals surface area contributed by atoms with E-state index >= 15 is 0 Å². The maximum absolute atomic E-state index is 13.2. The minimum atomic E-state index is -1.02. The zero-order valence-electron chi connectivity index (χ0n) is 15.8. The third-order valence-corrected chi connectivity index (χ3v) is 7.04. The highest BCUT2D eigenvalue weighted by Crippen LogP contribution is 2.60. The van der Waals surface area contributed by atoms with Gasteiger partial charge in [0.15, 0.2) is 0 Å². The Balaban J connectivity index is 1.34. The number of nitrogens with one attached hydrogen (secondary N) is 1. The Labute approximate surface area is 163 Å². The van der Waals surface area contributed by atoms with E-state index < -0.39 is 12.0 Å². The van der Waals surface area contributed by atoms with Gasteiger partial charge in [0, 0.05) is 18.0 Å². The van der Waals surface area contributed by atoms with E-state index in [1.54, 1.807) is 6.20 Å². The second kappa shape index (κ2) is 6.54. The zero-order valence-corrected chi connectivity index (χ0v) is 15.8. The fourth-order valence-corrected chi connectivity index (χ4v) is 6.20. The molecule has 2 aromatic rings. The minimum Gasteiger partial charge on any atom is -0.480 e. The second-order valence-corrected chi connectivity index (χ2v) is 9.12. The van der Waals surface area contributed by atoms with Crippen LogP contribution in [0.4, 0.5) is 0 Å². The third-order valence-electron chi connectivity index (χ3n) is 7.04. The molecule has 4 aliphatic rings. The fraction of sp³-hybridized carbons (Fsp3) is 0.545. The van der Waals surface area contributed by atoms with E-state index in [1.807, 2.05) is 24.3 Å². The van der Waals surface area contributed by atoms with Crippen molar-refractivity contribution in [3.8, 4) is 0 Å². The molecule has 4 saturated carbocycles. The van der Waals surface area contributed by atoms with E-state index in [-0.39, 0.29) is 17.7 Å². The third kappa shape index (κ3) is 3.05. The summed E-state index contributed by atoms with van der Waals surface area (Å²) in [5.41, 5.74) is 1.74. The van der Waals surface area contributed by atoms with Gasteiger partial charge in [-0.3, -0.25) is 9.78 Å². The SMILES string of the molecule is O=C(O)[C@H](Cc1cnc2ccccc2n1)NC(=O)C12CC3CC(CC(C3)C1)C2. The molecule has 146 valence electrons. The van der Waals surface area contributed by atoms with Crippen molar-refractivity contribution >= 4 is 22.9 Å². The maximum Gasteiger partial charge on any atom is 0.326 e. The number of rotatable bonds is 5. The lowest BCUT2D eigenvalue weighted by Crippen LogP contribution is -2.56. The van der Waals surface area contributed by atoms with Crippen molar-refractivity contribution in [2.24, 2.45) is 23.2 Å². The van der Waals surface area contributed by atoms with Crippen molar-refractivity contribution < 1.29 is 14.7 Å².